The number of nitrogens with one attached hydrogen (secondary N) is 3. The van der Waals surface area contributed by atoms with Crippen LogP contribution in [0.15, 0.2) is 36.4 Å². The lowest BCUT2D eigenvalue weighted by Crippen LogP contribution is -2.26. The molecule has 0 aliphatic carbocycles. The van der Waals surface area contributed by atoms with Crippen molar-refractivity contribution in [3.8, 4) is 0 Å². The first kappa shape index (κ1) is 21.0. The maximum Gasteiger partial charge on any atom is 0.277 e. The van der Waals surface area contributed by atoms with E-state index in [2.05, 4.69) is 10.8 Å². The van der Waals surface area contributed by atoms with E-state index >= 15 is 0 Å². The minimum absolute atomic E-state index is 0.00296. The van der Waals surface area contributed by atoms with Gasteiger partial charge in [-0.3, -0.25) is 19.6 Å². The number of rotatable bonds is 8. The lowest BCUT2D eigenvalue weighted by Gasteiger charge is -2.14. The van der Waals surface area contributed by atoms with Crippen molar-refractivity contribution in [2.45, 2.75) is 12.8 Å². The van der Waals surface area contributed by atoms with Gasteiger partial charge in [0.1, 0.15) is 11.6 Å². The quantitative estimate of drug-likeness (QED) is 0.197. The normalized spacial score (nSPS) is 10.4. The second-order valence-electron chi connectivity index (χ2n) is 5.33. The number of hydroxylamine groups is 2. The van der Waals surface area contributed by atoms with Crippen LogP contribution < -0.4 is 16.3 Å². The van der Waals surface area contributed by atoms with Crippen LogP contribution in [0.5, 0.6) is 0 Å². The summed E-state index contributed by atoms with van der Waals surface area (Å²) in [5.41, 5.74) is 3.35. The van der Waals surface area contributed by atoms with E-state index in [0.29, 0.717) is 3.57 Å². The Morgan fingerprint density at radius 2 is 1.93 bits per heavy atom. The van der Waals surface area contributed by atoms with E-state index < -0.39 is 23.4 Å². The molecular weight excluding hydrogens is 475 g/mol. The van der Waals surface area contributed by atoms with Crippen LogP contribution in [0, 0.1) is 15.2 Å². The number of hydrogen-bond acceptors (Lipinski definition) is 5. The second-order valence-corrected chi connectivity index (χ2v) is 6.58. The van der Waals surface area contributed by atoms with E-state index in [-0.39, 0.29) is 36.4 Å². The average molecular weight is 491 g/mol. The Balaban J connectivity index is 2.05. The SMILES string of the molecule is O=C(CCCONC(=O)c1cccc(F)c1Nc1ccc(I)cc1F)NO. The molecule has 0 saturated carbocycles. The largest absolute Gasteiger partial charge is 0.350 e. The summed E-state index contributed by atoms with van der Waals surface area (Å²) in [6, 6.07) is 8.18. The minimum atomic E-state index is -0.741. The molecule has 0 heterocycles. The van der Waals surface area contributed by atoms with E-state index in [9.17, 15) is 18.4 Å². The Hall–Kier alpha value is -2.31. The zero-order valence-electron chi connectivity index (χ0n) is 13.9. The highest BCUT2D eigenvalue weighted by Gasteiger charge is 2.17. The molecule has 0 unspecified atom stereocenters. The van der Waals surface area contributed by atoms with Gasteiger partial charge in [0.2, 0.25) is 5.91 Å². The molecule has 0 radical (unpaired) electrons. The number of halogens is 3. The number of carbonyl (C=O) groups is 2. The Morgan fingerprint density at radius 3 is 2.63 bits per heavy atom. The van der Waals surface area contributed by atoms with E-state index in [4.69, 9.17) is 10.0 Å². The molecule has 2 amide bonds. The van der Waals surface area contributed by atoms with Gasteiger partial charge in [-0.25, -0.2) is 19.7 Å². The molecule has 4 N–H and O–H groups in total. The topological polar surface area (TPSA) is 99.7 Å². The smallest absolute Gasteiger partial charge is 0.277 e. The minimum Gasteiger partial charge on any atom is -0.350 e. The maximum absolute atomic E-state index is 14.2. The van der Waals surface area contributed by atoms with Crippen molar-refractivity contribution in [3.05, 3.63) is 57.2 Å². The molecule has 7 nitrogen and oxygen atoms in total. The highest BCUT2D eigenvalue weighted by atomic mass is 127. The van der Waals surface area contributed by atoms with Crippen LogP contribution in [-0.4, -0.2) is 23.6 Å². The number of hydrogen-bond donors (Lipinski definition) is 4. The molecule has 0 bridgehead atoms. The number of benzene rings is 2. The summed E-state index contributed by atoms with van der Waals surface area (Å²) in [4.78, 5) is 28.0. The molecule has 2 aromatic rings. The highest BCUT2D eigenvalue weighted by molar-refractivity contribution is 14.1. The van der Waals surface area contributed by atoms with E-state index in [0.717, 1.165) is 6.07 Å². The molecule has 2 aromatic carbocycles. The standard InChI is InChI=1S/C17H16F2IN3O4/c18-12-4-1-3-11(17(25)23-27-8-2-5-15(24)22-26)16(12)21-14-7-6-10(20)9-13(14)19/h1,3-4,6-7,9,21,26H,2,5,8H2,(H,22,24)(H,23,25). The van der Waals surface area contributed by atoms with Gasteiger partial charge < -0.3 is 5.32 Å². The zero-order chi connectivity index (χ0) is 19.8. The summed E-state index contributed by atoms with van der Waals surface area (Å²) in [6.07, 6.45) is 0.250. The highest BCUT2D eigenvalue weighted by Crippen LogP contribution is 2.27. The monoisotopic (exact) mass is 491 g/mol. The summed E-state index contributed by atoms with van der Waals surface area (Å²) < 4.78 is 28.9. The molecule has 0 fully saturated rings. The summed E-state index contributed by atoms with van der Waals surface area (Å²) >= 11 is 1.94. The van der Waals surface area contributed by atoms with Gasteiger partial charge in [0.05, 0.1) is 23.5 Å². The van der Waals surface area contributed by atoms with Gasteiger partial charge >= 0.3 is 0 Å². The molecule has 0 aromatic heterocycles. The summed E-state index contributed by atoms with van der Waals surface area (Å²) in [6.45, 7) is 0.00296. The zero-order valence-corrected chi connectivity index (χ0v) is 16.0. The molecule has 27 heavy (non-hydrogen) atoms. The first-order chi connectivity index (χ1) is 12.9. The van der Waals surface area contributed by atoms with Crippen molar-refractivity contribution in [1.82, 2.24) is 11.0 Å². The van der Waals surface area contributed by atoms with Gasteiger partial charge in [-0.05, 0) is 59.3 Å². The lowest BCUT2D eigenvalue weighted by atomic mass is 10.1. The Kier molecular flexibility index (Phi) is 7.88. The van der Waals surface area contributed by atoms with Gasteiger partial charge in [0, 0.05) is 9.99 Å². The van der Waals surface area contributed by atoms with Crippen molar-refractivity contribution in [2.24, 2.45) is 0 Å². The van der Waals surface area contributed by atoms with Gasteiger partial charge in [-0.2, -0.15) is 0 Å². The molecular formula is C17H16F2IN3O4. The van der Waals surface area contributed by atoms with Crippen LogP contribution in [-0.2, 0) is 9.63 Å². The van der Waals surface area contributed by atoms with Crippen molar-refractivity contribution >= 4 is 45.8 Å². The molecule has 0 aliphatic heterocycles. The lowest BCUT2D eigenvalue weighted by molar-refractivity contribution is -0.129. The third kappa shape index (κ3) is 6.12. The fourth-order valence-electron chi connectivity index (χ4n) is 2.10. The van der Waals surface area contributed by atoms with E-state index in [1.165, 1.54) is 29.7 Å². The molecule has 144 valence electrons. The van der Waals surface area contributed by atoms with Gasteiger partial charge in [-0.15, -0.1) is 0 Å². The molecule has 2 rings (SSSR count). The van der Waals surface area contributed by atoms with Crippen LogP contribution in [0.4, 0.5) is 20.2 Å². The number of para-hydroxylation sites is 1. The number of anilines is 2. The van der Waals surface area contributed by atoms with Gasteiger partial charge in [-0.1, -0.05) is 6.07 Å². The predicted octanol–water partition coefficient (Wildman–Crippen LogP) is 3.26. The Morgan fingerprint density at radius 1 is 1.15 bits per heavy atom. The molecule has 0 spiro atoms. The fourth-order valence-corrected chi connectivity index (χ4v) is 2.55. The molecule has 0 saturated heterocycles. The Bertz CT molecular complexity index is 836. The van der Waals surface area contributed by atoms with E-state index in [1.807, 2.05) is 22.6 Å². The second kappa shape index (κ2) is 10.1. The molecule has 0 aliphatic rings. The van der Waals surface area contributed by atoms with Crippen LogP contribution in [0.25, 0.3) is 0 Å². The van der Waals surface area contributed by atoms with Crippen LogP contribution in [0.2, 0.25) is 0 Å². The summed E-state index contributed by atoms with van der Waals surface area (Å²) in [5.74, 6) is -2.65. The fraction of sp³-hybridized carbons (Fsp3) is 0.176. The predicted molar refractivity (Wildman–Crippen MR) is 101 cm³/mol. The summed E-state index contributed by atoms with van der Waals surface area (Å²) in [7, 11) is 0. The third-order valence-corrected chi connectivity index (χ3v) is 4.06. The summed E-state index contributed by atoms with van der Waals surface area (Å²) in [5, 5.41) is 11.0. The van der Waals surface area contributed by atoms with Gasteiger partial charge in [0.15, 0.2) is 0 Å². The Labute approximate surface area is 167 Å². The number of amides is 2. The number of carbonyl (C=O) groups excluding carboxylic acids is 2. The van der Waals surface area contributed by atoms with Crippen LogP contribution >= 0.6 is 22.6 Å². The maximum atomic E-state index is 14.2. The van der Waals surface area contributed by atoms with E-state index in [1.54, 1.807) is 6.07 Å². The first-order valence-electron chi connectivity index (χ1n) is 7.78. The van der Waals surface area contributed by atoms with Crippen molar-refractivity contribution in [2.75, 3.05) is 11.9 Å². The first-order valence-corrected chi connectivity index (χ1v) is 8.86. The van der Waals surface area contributed by atoms with Crippen LogP contribution in [0.3, 0.4) is 0 Å². The average Bonchev–Trinajstić information content (AvgIpc) is 2.64. The van der Waals surface area contributed by atoms with Gasteiger partial charge in [0.25, 0.3) is 5.91 Å². The van der Waals surface area contributed by atoms with Crippen molar-refractivity contribution in [1.29, 1.82) is 0 Å². The third-order valence-electron chi connectivity index (χ3n) is 3.39. The van der Waals surface area contributed by atoms with Crippen molar-refractivity contribution < 1.29 is 28.4 Å². The molecule has 0 atom stereocenters. The molecule has 10 heteroatoms. The van der Waals surface area contributed by atoms with Crippen molar-refractivity contribution in [3.63, 3.8) is 0 Å². The van der Waals surface area contributed by atoms with Crippen LogP contribution in [0.1, 0.15) is 23.2 Å².